The van der Waals surface area contributed by atoms with Gasteiger partial charge < -0.3 is 20.1 Å². The first-order valence-corrected chi connectivity index (χ1v) is 6.25. The average molecular weight is 284 g/mol. The van der Waals surface area contributed by atoms with Crippen LogP contribution in [0.1, 0.15) is 6.23 Å². The second kappa shape index (κ2) is 4.60. The Labute approximate surface area is 113 Å². The summed E-state index contributed by atoms with van der Waals surface area (Å²) in [6.07, 6.45) is -0.991. The molecule has 0 amide bonds. The molecule has 1 saturated heterocycles. The van der Waals surface area contributed by atoms with Gasteiger partial charge in [0.1, 0.15) is 18.5 Å². The van der Waals surface area contributed by atoms with Crippen molar-refractivity contribution in [3.63, 3.8) is 0 Å². The fraction of sp³-hybridized carbons (Fsp3) is 0.500. The van der Waals surface area contributed by atoms with Gasteiger partial charge in [-0.2, -0.15) is 17.6 Å². The third kappa shape index (κ3) is 1.86. The number of imidazole rings is 1. The molecule has 0 radical (unpaired) electrons. The number of rotatable bonds is 2. The molecule has 1 aliphatic heterocycles. The quantitative estimate of drug-likeness (QED) is 0.527. The first-order valence-electron chi connectivity index (χ1n) is 5.62. The van der Waals surface area contributed by atoms with E-state index in [-0.39, 0.29) is 17.1 Å². The molecule has 2 aromatic heterocycles. The SMILES string of the molecule is Oc1ncnc2c1ncn2[C@@H]1O[C@H](CS)[C@@H](O)[C@H]1O. The minimum Gasteiger partial charge on any atom is -0.492 e. The van der Waals surface area contributed by atoms with Gasteiger partial charge in [0.2, 0.25) is 5.88 Å². The zero-order valence-electron chi connectivity index (χ0n) is 9.66. The smallest absolute Gasteiger partial charge is 0.242 e. The second-order valence-corrected chi connectivity index (χ2v) is 4.62. The largest absolute Gasteiger partial charge is 0.492 e. The Bertz CT molecular complexity index is 606. The van der Waals surface area contributed by atoms with Crippen LogP contribution in [-0.4, -0.2) is 58.9 Å². The second-order valence-electron chi connectivity index (χ2n) is 4.25. The molecule has 3 N–H and O–H groups in total. The number of hydrogen-bond acceptors (Lipinski definition) is 8. The van der Waals surface area contributed by atoms with Gasteiger partial charge in [-0.3, -0.25) is 4.57 Å². The Kier molecular flexibility index (Phi) is 3.05. The lowest BCUT2D eigenvalue weighted by Gasteiger charge is -2.16. The van der Waals surface area contributed by atoms with Crippen LogP contribution in [0.15, 0.2) is 12.7 Å². The molecule has 19 heavy (non-hydrogen) atoms. The van der Waals surface area contributed by atoms with Gasteiger partial charge in [-0.05, 0) is 0 Å². The fourth-order valence-electron chi connectivity index (χ4n) is 2.14. The number of ether oxygens (including phenoxy) is 1. The van der Waals surface area contributed by atoms with Crippen molar-refractivity contribution in [2.45, 2.75) is 24.5 Å². The predicted molar refractivity (Wildman–Crippen MR) is 66.8 cm³/mol. The molecule has 8 nitrogen and oxygen atoms in total. The van der Waals surface area contributed by atoms with Gasteiger partial charge in [0.25, 0.3) is 0 Å². The Hall–Kier alpha value is -1.42. The van der Waals surface area contributed by atoms with Crippen molar-refractivity contribution in [3.8, 4) is 5.88 Å². The molecule has 0 aromatic carbocycles. The van der Waals surface area contributed by atoms with E-state index in [2.05, 4.69) is 27.6 Å². The highest BCUT2D eigenvalue weighted by molar-refractivity contribution is 7.80. The lowest BCUT2D eigenvalue weighted by molar-refractivity contribution is -0.0288. The highest BCUT2D eigenvalue weighted by Gasteiger charge is 2.43. The number of aromatic nitrogens is 4. The van der Waals surface area contributed by atoms with Crippen LogP contribution < -0.4 is 0 Å². The molecule has 9 heteroatoms. The first kappa shape index (κ1) is 12.6. The van der Waals surface area contributed by atoms with E-state index in [1.165, 1.54) is 17.2 Å². The summed E-state index contributed by atoms with van der Waals surface area (Å²) in [7, 11) is 0. The van der Waals surface area contributed by atoms with Crippen LogP contribution in [0.2, 0.25) is 0 Å². The van der Waals surface area contributed by atoms with Gasteiger partial charge in [0.05, 0.1) is 12.4 Å². The van der Waals surface area contributed by atoms with Crippen molar-refractivity contribution in [1.29, 1.82) is 0 Å². The summed E-state index contributed by atoms with van der Waals surface area (Å²) >= 11 is 4.06. The predicted octanol–water partition coefficient (Wildman–Crippen LogP) is -0.919. The van der Waals surface area contributed by atoms with E-state index in [0.29, 0.717) is 5.65 Å². The van der Waals surface area contributed by atoms with Crippen LogP contribution in [0.3, 0.4) is 0 Å². The summed E-state index contributed by atoms with van der Waals surface area (Å²) in [5.74, 6) is 0.0317. The maximum absolute atomic E-state index is 10.00. The van der Waals surface area contributed by atoms with E-state index in [1.54, 1.807) is 0 Å². The lowest BCUT2D eigenvalue weighted by atomic mass is 10.1. The first-order chi connectivity index (χ1) is 9.13. The van der Waals surface area contributed by atoms with Gasteiger partial charge in [-0.25, -0.2) is 9.97 Å². The Balaban J connectivity index is 2.04. The number of aliphatic hydroxyl groups is 2. The molecule has 0 unspecified atom stereocenters. The molecule has 4 atom stereocenters. The van der Waals surface area contributed by atoms with Crippen molar-refractivity contribution in [3.05, 3.63) is 12.7 Å². The molecule has 0 spiro atoms. The molecular weight excluding hydrogens is 272 g/mol. The number of nitrogens with zero attached hydrogens (tertiary/aromatic N) is 4. The molecule has 0 aliphatic carbocycles. The van der Waals surface area contributed by atoms with Gasteiger partial charge in [-0.15, -0.1) is 0 Å². The van der Waals surface area contributed by atoms with E-state index in [9.17, 15) is 15.3 Å². The van der Waals surface area contributed by atoms with E-state index < -0.39 is 24.5 Å². The van der Waals surface area contributed by atoms with Gasteiger partial charge in [0, 0.05) is 5.75 Å². The molecule has 1 fully saturated rings. The molecule has 102 valence electrons. The molecular formula is C10H12N4O4S. The van der Waals surface area contributed by atoms with Gasteiger partial charge in [0.15, 0.2) is 17.4 Å². The number of aromatic hydroxyl groups is 1. The highest BCUT2D eigenvalue weighted by Crippen LogP contribution is 2.32. The Morgan fingerprint density at radius 1 is 1.26 bits per heavy atom. The number of thiol groups is 1. The Morgan fingerprint density at radius 2 is 2.05 bits per heavy atom. The molecule has 0 bridgehead atoms. The molecule has 2 aromatic rings. The van der Waals surface area contributed by atoms with Gasteiger partial charge in [-0.1, -0.05) is 0 Å². The maximum atomic E-state index is 10.00. The zero-order chi connectivity index (χ0) is 13.6. The van der Waals surface area contributed by atoms with Crippen LogP contribution in [0.25, 0.3) is 11.2 Å². The molecule has 1 aliphatic rings. The van der Waals surface area contributed by atoms with E-state index in [1.807, 2.05) is 0 Å². The normalized spacial score (nSPS) is 31.1. The van der Waals surface area contributed by atoms with Crippen LogP contribution in [-0.2, 0) is 4.74 Å². The topological polar surface area (TPSA) is 114 Å². The number of aliphatic hydroxyl groups excluding tert-OH is 2. The number of fused-ring (bicyclic) bond motifs is 1. The van der Waals surface area contributed by atoms with Crippen molar-refractivity contribution in [1.82, 2.24) is 19.5 Å². The lowest BCUT2D eigenvalue weighted by Crippen LogP contribution is -2.32. The molecule has 3 heterocycles. The third-order valence-electron chi connectivity index (χ3n) is 3.13. The highest BCUT2D eigenvalue weighted by atomic mass is 32.1. The monoisotopic (exact) mass is 284 g/mol. The molecule has 3 rings (SSSR count). The van der Waals surface area contributed by atoms with Crippen LogP contribution in [0.5, 0.6) is 5.88 Å². The van der Waals surface area contributed by atoms with E-state index in [4.69, 9.17) is 4.74 Å². The van der Waals surface area contributed by atoms with Crippen molar-refractivity contribution in [2.75, 3.05) is 5.75 Å². The summed E-state index contributed by atoms with van der Waals surface area (Å²) in [5.41, 5.74) is 0.533. The average Bonchev–Trinajstić information content (AvgIpc) is 2.94. The summed E-state index contributed by atoms with van der Waals surface area (Å²) < 4.78 is 6.98. The minimum absolute atomic E-state index is 0.210. The van der Waals surface area contributed by atoms with Crippen LogP contribution >= 0.6 is 12.6 Å². The van der Waals surface area contributed by atoms with E-state index in [0.717, 1.165) is 0 Å². The summed E-state index contributed by atoms with van der Waals surface area (Å²) in [5, 5.41) is 29.4. The minimum atomic E-state index is -1.12. The number of hydrogen-bond donors (Lipinski definition) is 4. The van der Waals surface area contributed by atoms with Crippen molar-refractivity contribution < 1.29 is 20.1 Å². The van der Waals surface area contributed by atoms with E-state index >= 15 is 0 Å². The van der Waals surface area contributed by atoms with Crippen molar-refractivity contribution in [2.24, 2.45) is 0 Å². The van der Waals surface area contributed by atoms with Gasteiger partial charge >= 0.3 is 0 Å². The van der Waals surface area contributed by atoms with Crippen LogP contribution in [0.4, 0.5) is 0 Å². The summed E-state index contributed by atoms with van der Waals surface area (Å²) in [6, 6.07) is 0. The fourth-order valence-corrected chi connectivity index (χ4v) is 2.44. The summed E-state index contributed by atoms with van der Waals surface area (Å²) in [4.78, 5) is 11.6. The van der Waals surface area contributed by atoms with Crippen LogP contribution in [0, 0.1) is 0 Å². The molecule has 0 saturated carbocycles. The standard InChI is InChI=1S/C10H12N4O4S/c15-6-4(1-19)18-10(7(6)16)14-3-13-5-8(14)11-2-12-9(5)17/h2-4,6-7,10,15-16,19H,1H2,(H,11,12,17)/t4-,6-,7-,10-/m1/s1. The van der Waals surface area contributed by atoms with Crippen molar-refractivity contribution >= 4 is 23.8 Å². The third-order valence-corrected chi connectivity index (χ3v) is 3.49. The zero-order valence-corrected chi connectivity index (χ0v) is 10.6. The Morgan fingerprint density at radius 3 is 2.74 bits per heavy atom. The summed E-state index contributed by atoms with van der Waals surface area (Å²) in [6.45, 7) is 0. The maximum Gasteiger partial charge on any atom is 0.242 e.